The number of thioether (sulfide) groups is 1. The maximum Gasteiger partial charge on any atom is 0.273 e. The third-order valence-corrected chi connectivity index (χ3v) is 5.17. The second-order valence-electron chi connectivity index (χ2n) is 5.83. The van der Waals surface area contributed by atoms with Crippen LogP contribution in [0.5, 0.6) is 5.75 Å². The van der Waals surface area contributed by atoms with Crippen LogP contribution in [0.4, 0.5) is 15.8 Å². The summed E-state index contributed by atoms with van der Waals surface area (Å²) in [7, 11) is 0. The van der Waals surface area contributed by atoms with E-state index in [9.17, 15) is 29.2 Å². The zero-order chi connectivity index (χ0) is 21.1. The van der Waals surface area contributed by atoms with Crippen LogP contribution in [0.25, 0.3) is 6.08 Å². The number of phenols is 1. The molecule has 1 aliphatic heterocycles. The fourth-order valence-corrected chi connectivity index (χ4v) is 3.71. The number of hydrogen-bond donors (Lipinski definition) is 2. The van der Waals surface area contributed by atoms with Crippen LogP contribution in [-0.2, 0) is 9.59 Å². The first-order chi connectivity index (χ1) is 13.7. The van der Waals surface area contributed by atoms with Crippen LogP contribution in [0, 0.1) is 15.9 Å². The number of amides is 2. The molecule has 2 aromatic carbocycles. The van der Waals surface area contributed by atoms with Crippen molar-refractivity contribution in [3.63, 3.8) is 0 Å². The van der Waals surface area contributed by atoms with Gasteiger partial charge in [-0.1, -0.05) is 36.1 Å². The van der Waals surface area contributed by atoms with Crippen molar-refractivity contribution in [3.05, 3.63) is 68.9 Å². The highest BCUT2D eigenvalue weighted by molar-refractivity contribution is 8.26. The molecule has 148 valence electrons. The maximum absolute atomic E-state index is 13.3. The molecule has 0 atom stereocenters. The standard InChI is InChI=1S/C18H12FN3O5S2/c19-11-3-1-2-10(6-11)7-15-17(25)21(18(28)29-15)9-16(24)20-13-5-4-12(22(26)27)8-14(13)23/h1-8,23H,9H2,(H,20,24)/b15-7-. The fourth-order valence-electron chi connectivity index (χ4n) is 2.46. The molecule has 0 bridgehead atoms. The molecule has 0 aliphatic carbocycles. The second kappa shape index (κ2) is 8.37. The number of hydrogen-bond acceptors (Lipinski definition) is 7. The third kappa shape index (κ3) is 4.76. The van der Waals surface area contributed by atoms with E-state index >= 15 is 0 Å². The van der Waals surface area contributed by atoms with Crippen molar-refractivity contribution in [3.8, 4) is 5.75 Å². The summed E-state index contributed by atoms with van der Waals surface area (Å²) in [6.07, 6.45) is 1.47. The van der Waals surface area contributed by atoms with Gasteiger partial charge in [0, 0.05) is 6.07 Å². The molecule has 2 amide bonds. The summed E-state index contributed by atoms with van der Waals surface area (Å²) in [5, 5.41) is 22.9. The fraction of sp³-hybridized carbons (Fsp3) is 0.0556. The molecule has 1 saturated heterocycles. The topological polar surface area (TPSA) is 113 Å². The quantitative estimate of drug-likeness (QED) is 0.245. The van der Waals surface area contributed by atoms with Crippen molar-refractivity contribution in [2.45, 2.75) is 0 Å². The van der Waals surface area contributed by atoms with Gasteiger partial charge in [-0.05, 0) is 29.8 Å². The number of carbonyl (C=O) groups is 2. The van der Waals surface area contributed by atoms with Gasteiger partial charge in [-0.2, -0.15) is 0 Å². The smallest absolute Gasteiger partial charge is 0.273 e. The molecule has 29 heavy (non-hydrogen) atoms. The number of thiocarbonyl (C=S) groups is 1. The van der Waals surface area contributed by atoms with E-state index < -0.39 is 34.8 Å². The first kappa shape index (κ1) is 20.4. The number of nitro benzene ring substituents is 1. The Morgan fingerprint density at radius 1 is 1.34 bits per heavy atom. The van der Waals surface area contributed by atoms with Gasteiger partial charge >= 0.3 is 0 Å². The predicted molar refractivity (Wildman–Crippen MR) is 110 cm³/mol. The van der Waals surface area contributed by atoms with Gasteiger partial charge in [0.2, 0.25) is 5.91 Å². The van der Waals surface area contributed by atoms with E-state index in [2.05, 4.69) is 5.32 Å². The van der Waals surface area contributed by atoms with Gasteiger partial charge in [0.15, 0.2) is 0 Å². The van der Waals surface area contributed by atoms with Crippen molar-refractivity contribution in [2.75, 3.05) is 11.9 Å². The Kier molecular flexibility index (Phi) is 5.89. The van der Waals surface area contributed by atoms with Crippen LogP contribution in [0.15, 0.2) is 47.4 Å². The molecule has 0 spiro atoms. The third-order valence-electron chi connectivity index (χ3n) is 3.79. The van der Waals surface area contributed by atoms with E-state index in [4.69, 9.17) is 12.2 Å². The number of nitrogens with one attached hydrogen (secondary N) is 1. The van der Waals surface area contributed by atoms with Crippen LogP contribution in [-0.4, -0.2) is 37.6 Å². The number of anilines is 1. The maximum atomic E-state index is 13.3. The number of benzene rings is 2. The van der Waals surface area contributed by atoms with Gasteiger partial charge in [0.05, 0.1) is 21.6 Å². The summed E-state index contributed by atoms with van der Waals surface area (Å²) in [6, 6.07) is 8.87. The minimum atomic E-state index is -0.684. The van der Waals surface area contributed by atoms with Crippen molar-refractivity contribution in [1.29, 1.82) is 0 Å². The van der Waals surface area contributed by atoms with Crippen molar-refractivity contribution in [1.82, 2.24) is 4.90 Å². The van der Waals surface area contributed by atoms with Crippen LogP contribution >= 0.6 is 24.0 Å². The lowest BCUT2D eigenvalue weighted by Gasteiger charge is -2.14. The minimum Gasteiger partial charge on any atom is -0.506 e. The summed E-state index contributed by atoms with van der Waals surface area (Å²) in [4.78, 5) is 36.1. The van der Waals surface area contributed by atoms with Gasteiger partial charge in [-0.25, -0.2) is 4.39 Å². The molecule has 2 N–H and O–H groups in total. The second-order valence-corrected chi connectivity index (χ2v) is 7.51. The number of nitro groups is 1. The van der Waals surface area contributed by atoms with Gasteiger partial charge < -0.3 is 10.4 Å². The summed E-state index contributed by atoms with van der Waals surface area (Å²) in [6.45, 7) is -0.415. The molecule has 0 radical (unpaired) electrons. The molecule has 0 unspecified atom stereocenters. The van der Waals surface area contributed by atoms with Gasteiger partial charge in [0.25, 0.3) is 11.6 Å². The number of phenolic OH excluding ortho intramolecular Hbond substituents is 1. The Morgan fingerprint density at radius 3 is 2.76 bits per heavy atom. The number of halogens is 1. The molecular weight excluding hydrogens is 421 g/mol. The van der Waals surface area contributed by atoms with E-state index in [1.54, 1.807) is 6.07 Å². The molecule has 8 nitrogen and oxygen atoms in total. The minimum absolute atomic E-state index is 0.0404. The van der Waals surface area contributed by atoms with E-state index in [1.165, 1.54) is 30.3 Å². The average molecular weight is 433 g/mol. The van der Waals surface area contributed by atoms with Crippen LogP contribution < -0.4 is 5.32 Å². The highest BCUT2D eigenvalue weighted by Gasteiger charge is 2.33. The average Bonchev–Trinajstić information content (AvgIpc) is 2.90. The lowest BCUT2D eigenvalue weighted by atomic mass is 10.2. The molecule has 11 heteroatoms. The monoisotopic (exact) mass is 433 g/mol. The van der Waals surface area contributed by atoms with E-state index in [0.29, 0.717) is 5.56 Å². The zero-order valence-corrected chi connectivity index (χ0v) is 16.1. The number of aromatic hydroxyl groups is 1. The summed E-state index contributed by atoms with van der Waals surface area (Å²) >= 11 is 6.12. The number of nitrogens with zero attached hydrogens (tertiary/aromatic N) is 2. The van der Waals surface area contributed by atoms with Gasteiger partial charge in [-0.15, -0.1) is 0 Å². The van der Waals surface area contributed by atoms with Crippen molar-refractivity contribution >= 4 is 57.6 Å². The molecular formula is C18H12FN3O5S2. The summed E-state index contributed by atoms with van der Waals surface area (Å²) in [5.41, 5.74) is 0.104. The van der Waals surface area contributed by atoms with Crippen LogP contribution in [0.1, 0.15) is 5.56 Å². The summed E-state index contributed by atoms with van der Waals surface area (Å²) < 4.78 is 13.5. The molecule has 0 aromatic heterocycles. The van der Waals surface area contributed by atoms with E-state index in [0.717, 1.165) is 28.8 Å². The number of carbonyl (C=O) groups excluding carboxylic acids is 2. The summed E-state index contributed by atoms with van der Waals surface area (Å²) in [5.74, 6) is -2.09. The largest absolute Gasteiger partial charge is 0.506 e. The Bertz CT molecular complexity index is 1070. The zero-order valence-electron chi connectivity index (χ0n) is 14.5. The highest BCUT2D eigenvalue weighted by atomic mass is 32.2. The lowest BCUT2D eigenvalue weighted by Crippen LogP contribution is -2.36. The normalized spacial score (nSPS) is 15.1. The number of non-ortho nitro benzene ring substituents is 1. The highest BCUT2D eigenvalue weighted by Crippen LogP contribution is 2.33. The molecule has 1 fully saturated rings. The number of rotatable bonds is 5. The Labute approximate surface area is 173 Å². The van der Waals surface area contributed by atoms with Gasteiger partial charge in [-0.3, -0.25) is 24.6 Å². The van der Waals surface area contributed by atoms with Crippen LogP contribution in [0.2, 0.25) is 0 Å². The molecule has 3 rings (SSSR count). The van der Waals surface area contributed by atoms with Crippen molar-refractivity contribution < 1.29 is 24.0 Å². The molecule has 1 heterocycles. The van der Waals surface area contributed by atoms with Crippen molar-refractivity contribution in [2.24, 2.45) is 0 Å². The Balaban J connectivity index is 1.70. The Morgan fingerprint density at radius 2 is 2.10 bits per heavy atom. The van der Waals surface area contributed by atoms with E-state index in [-0.39, 0.29) is 20.6 Å². The molecule has 0 saturated carbocycles. The van der Waals surface area contributed by atoms with Gasteiger partial charge in [0.1, 0.15) is 22.4 Å². The van der Waals surface area contributed by atoms with Crippen LogP contribution in [0.3, 0.4) is 0 Å². The SMILES string of the molecule is O=C(CN1C(=O)/C(=C/c2cccc(F)c2)SC1=S)Nc1ccc([N+](=O)[O-])cc1O. The first-order valence-electron chi connectivity index (χ1n) is 8.03. The first-order valence-corrected chi connectivity index (χ1v) is 9.25. The molecule has 1 aliphatic rings. The molecule has 2 aromatic rings. The van der Waals surface area contributed by atoms with E-state index in [1.807, 2.05) is 0 Å². The predicted octanol–water partition coefficient (Wildman–Crippen LogP) is 3.28. The lowest BCUT2D eigenvalue weighted by molar-refractivity contribution is -0.384. The Hall–Kier alpha value is -3.31.